The average molecular weight is 462 g/mol. The summed E-state index contributed by atoms with van der Waals surface area (Å²) in [5, 5.41) is 10.8. The summed E-state index contributed by atoms with van der Waals surface area (Å²) in [4.78, 5) is 16.1. The number of hydrogen-bond donors (Lipinski definition) is 1. The number of thiazole rings is 2. The summed E-state index contributed by atoms with van der Waals surface area (Å²) in [7, 11) is 0. The molecular formula is C24H35N3O2S2. The van der Waals surface area contributed by atoms with Gasteiger partial charge >= 0.3 is 0 Å². The van der Waals surface area contributed by atoms with E-state index in [4.69, 9.17) is 9.40 Å². The first kappa shape index (κ1) is 24.1. The summed E-state index contributed by atoms with van der Waals surface area (Å²) in [6.45, 7) is 17.7. The van der Waals surface area contributed by atoms with Gasteiger partial charge < -0.3 is 9.52 Å². The Bertz CT molecular complexity index is 1030. The Morgan fingerprint density at radius 1 is 0.903 bits per heavy atom. The Labute approximate surface area is 194 Å². The third-order valence-corrected chi connectivity index (χ3v) is 8.95. The van der Waals surface area contributed by atoms with Crippen LogP contribution in [0.4, 0.5) is 0 Å². The van der Waals surface area contributed by atoms with Gasteiger partial charge in [-0.1, -0.05) is 41.5 Å². The molecule has 0 aliphatic heterocycles. The molecule has 0 amide bonds. The van der Waals surface area contributed by atoms with Crippen LogP contribution >= 0.6 is 22.7 Å². The topological polar surface area (TPSA) is 72.0 Å². The van der Waals surface area contributed by atoms with Crippen LogP contribution < -0.4 is 0 Å². The SMILES string of the molecule is Cc1ncoc1C(C)(C)Cc1nc(C)c(C(C)(C)CCC(C)(C)c2scnc2CO)s1. The van der Waals surface area contributed by atoms with Gasteiger partial charge in [-0.15, -0.1) is 22.7 Å². The van der Waals surface area contributed by atoms with Crippen molar-refractivity contribution in [1.29, 1.82) is 0 Å². The van der Waals surface area contributed by atoms with E-state index >= 15 is 0 Å². The predicted molar refractivity (Wildman–Crippen MR) is 128 cm³/mol. The van der Waals surface area contributed by atoms with Crippen molar-refractivity contribution in [3.63, 3.8) is 0 Å². The number of rotatable bonds is 9. The highest BCUT2D eigenvalue weighted by Crippen LogP contribution is 2.42. The van der Waals surface area contributed by atoms with Crippen molar-refractivity contribution in [3.05, 3.63) is 49.5 Å². The van der Waals surface area contributed by atoms with Crippen LogP contribution in [0.5, 0.6) is 0 Å². The van der Waals surface area contributed by atoms with E-state index in [9.17, 15) is 5.11 Å². The molecule has 3 aromatic rings. The zero-order valence-electron chi connectivity index (χ0n) is 20.0. The zero-order valence-corrected chi connectivity index (χ0v) is 21.6. The van der Waals surface area contributed by atoms with Crippen LogP contribution in [0.2, 0.25) is 0 Å². The van der Waals surface area contributed by atoms with Gasteiger partial charge in [0.25, 0.3) is 0 Å². The maximum atomic E-state index is 9.62. The quantitative estimate of drug-likeness (QED) is 0.407. The first-order valence-corrected chi connectivity index (χ1v) is 12.5. The van der Waals surface area contributed by atoms with E-state index in [2.05, 4.69) is 58.4 Å². The molecule has 3 rings (SSSR count). The van der Waals surface area contributed by atoms with Gasteiger partial charge in [-0.05, 0) is 26.7 Å². The third kappa shape index (κ3) is 5.10. The van der Waals surface area contributed by atoms with Gasteiger partial charge in [-0.25, -0.2) is 15.0 Å². The molecule has 7 heteroatoms. The van der Waals surface area contributed by atoms with Crippen molar-refractivity contribution >= 4 is 22.7 Å². The predicted octanol–water partition coefficient (Wildman–Crippen LogP) is 6.25. The maximum absolute atomic E-state index is 9.62. The highest BCUT2D eigenvalue weighted by atomic mass is 32.1. The number of aromatic nitrogens is 3. The number of aliphatic hydroxyl groups excluding tert-OH is 1. The molecule has 0 aliphatic carbocycles. The molecule has 3 heterocycles. The van der Waals surface area contributed by atoms with E-state index in [1.807, 2.05) is 23.8 Å². The number of aryl methyl sites for hydroxylation is 2. The molecule has 5 nitrogen and oxygen atoms in total. The normalized spacial score (nSPS) is 13.2. The molecular weight excluding hydrogens is 426 g/mol. The Morgan fingerprint density at radius 3 is 2.13 bits per heavy atom. The minimum absolute atomic E-state index is 0.00339. The van der Waals surface area contributed by atoms with Crippen LogP contribution in [0.3, 0.4) is 0 Å². The molecule has 0 fully saturated rings. The first-order valence-electron chi connectivity index (χ1n) is 10.8. The molecule has 0 unspecified atom stereocenters. The highest BCUT2D eigenvalue weighted by Gasteiger charge is 2.34. The average Bonchev–Trinajstić information content (AvgIpc) is 3.39. The van der Waals surface area contributed by atoms with E-state index in [-0.39, 0.29) is 22.9 Å². The molecule has 31 heavy (non-hydrogen) atoms. The molecule has 0 radical (unpaired) electrons. The lowest BCUT2D eigenvalue weighted by atomic mass is 9.77. The first-order chi connectivity index (χ1) is 14.4. The molecule has 0 saturated carbocycles. The van der Waals surface area contributed by atoms with Crippen LogP contribution in [-0.2, 0) is 29.3 Å². The molecule has 3 aromatic heterocycles. The second-order valence-corrected chi connectivity index (χ2v) is 12.3. The lowest BCUT2D eigenvalue weighted by molar-refractivity contribution is 0.272. The Hall–Kier alpha value is -1.57. The smallest absolute Gasteiger partial charge is 0.181 e. The maximum Gasteiger partial charge on any atom is 0.181 e. The minimum Gasteiger partial charge on any atom is -0.448 e. The van der Waals surface area contributed by atoms with E-state index in [0.717, 1.165) is 47.1 Å². The number of hydrogen-bond acceptors (Lipinski definition) is 7. The summed E-state index contributed by atoms with van der Waals surface area (Å²) in [6, 6.07) is 0. The standard InChI is InChI=1S/C24H35N3O2S2/c1-15-19(29-13-25-15)24(7,8)11-18-27-16(2)20(31-18)22(3,4)9-10-23(5,6)21-17(12-28)26-14-30-21/h13-14,28H,9-12H2,1-8H3. The number of nitrogens with zero attached hydrogens (tertiary/aromatic N) is 3. The molecule has 0 spiro atoms. The van der Waals surface area contributed by atoms with Gasteiger partial charge in [-0.2, -0.15) is 0 Å². The number of aliphatic hydroxyl groups is 1. The lowest BCUT2D eigenvalue weighted by Crippen LogP contribution is -2.24. The van der Waals surface area contributed by atoms with Crippen molar-refractivity contribution in [2.24, 2.45) is 0 Å². The van der Waals surface area contributed by atoms with Gasteiger partial charge in [0.2, 0.25) is 0 Å². The minimum atomic E-state index is -0.152. The largest absolute Gasteiger partial charge is 0.448 e. The van der Waals surface area contributed by atoms with E-state index in [1.165, 1.54) is 16.1 Å². The molecule has 1 N–H and O–H groups in total. The molecule has 0 atom stereocenters. The third-order valence-electron chi connectivity index (χ3n) is 6.19. The summed E-state index contributed by atoms with van der Waals surface area (Å²) >= 11 is 3.48. The summed E-state index contributed by atoms with van der Waals surface area (Å²) in [5.74, 6) is 0.937. The van der Waals surface area contributed by atoms with Crippen molar-refractivity contribution in [2.45, 2.75) is 97.5 Å². The lowest BCUT2D eigenvalue weighted by Gasteiger charge is -2.31. The summed E-state index contributed by atoms with van der Waals surface area (Å²) < 4.78 is 5.68. The van der Waals surface area contributed by atoms with Crippen LogP contribution in [0.1, 0.15) is 92.0 Å². The Morgan fingerprint density at radius 2 is 1.55 bits per heavy atom. The van der Waals surface area contributed by atoms with Crippen molar-refractivity contribution in [2.75, 3.05) is 0 Å². The van der Waals surface area contributed by atoms with Gasteiger partial charge in [0.1, 0.15) is 5.76 Å². The highest BCUT2D eigenvalue weighted by molar-refractivity contribution is 7.12. The van der Waals surface area contributed by atoms with E-state index < -0.39 is 0 Å². The van der Waals surface area contributed by atoms with Gasteiger partial charge in [-0.3, -0.25) is 0 Å². The summed E-state index contributed by atoms with van der Waals surface area (Å²) in [6.07, 6.45) is 4.42. The van der Waals surface area contributed by atoms with Gasteiger partial charge in [0, 0.05) is 32.4 Å². The van der Waals surface area contributed by atoms with E-state index in [1.54, 1.807) is 11.3 Å². The number of oxazole rings is 1. The summed E-state index contributed by atoms with van der Waals surface area (Å²) in [5.41, 5.74) is 4.58. The molecule has 0 aliphatic rings. The Balaban J connectivity index is 1.76. The fourth-order valence-corrected chi connectivity index (χ4v) is 6.73. The fraction of sp³-hybridized carbons (Fsp3) is 0.625. The molecule has 170 valence electrons. The zero-order chi connectivity index (χ0) is 23.0. The van der Waals surface area contributed by atoms with Gasteiger partial charge in [0.15, 0.2) is 6.39 Å². The molecule has 0 bridgehead atoms. The van der Waals surface area contributed by atoms with Gasteiger partial charge in [0.05, 0.1) is 34.2 Å². The van der Waals surface area contributed by atoms with Crippen LogP contribution in [0, 0.1) is 13.8 Å². The van der Waals surface area contributed by atoms with Crippen LogP contribution in [-0.4, -0.2) is 20.1 Å². The molecule has 0 aromatic carbocycles. The second kappa shape index (κ2) is 8.75. The monoisotopic (exact) mass is 461 g/mol. The van der Waals surface area contributed by atoms with Crippen molar-refractivity contribution < 1.29 is 9.52 Å². The van der Waals surface area contributed by atoms with Crippen LogP contribution in [0.25, 0.3) is 0 Å². The van der Waals surface area contributed by atoms with Crippen molar-refractivity contribution in [3.8, 4) is 0 Å². The van der Waals surface area contributed by atoms with Crippen LogP contribution in [0.15, 0.2) is 16.3 Å². The Kier molecular flexibility index (Phi) is 6.80. The van der Waals surface area contributed by atoms with Crippen molar-refractivity contribution in [1.82, 2.24) is 15.0 Å². The fourth-order valence-electron chi connectivity index (χ4n) is 4.35. The molecule has 0 saturated heterocycles. The van der Waals surface area contributed by atoms with E-state index in [0.29, 0.717) is 0 Å². The second-order valence-electron chi connectivity index (χ2n) is 10.4.